The standard InChI is InChI=1S/C35H48.C8H16.4C2H6/c1-10-27(3)34(7,8)21-20-29-22-26(2)23-32(24-29)35(9,25-28-14-12-11-13-15-28)31-18-16-30(17-19-31)33(4,5)6;1-7(2)6-8(3,4)5;4*1-2/h11-19,22-24,27H,10,20-21,25H2,1-9H3;1,6H2,2-5H3;4*1-2H3/t27?,35-;;;;;/m0...../s1. The molecule has 3 rings (SSSR count). The van der Waals surface area contributed by atoms with E-state index < -0.39 is 0 Å². The first-order chi connectivity index (χ1) is 23.8. The number of rotatable bonds is 10. The van der Waals surface area contributed by atoms with E-state index in [0.29, 0.717) is 10.8 Å². The van der Waals surface area contributed by atoms with Crippen molar-refractivity contribution in [3.63, 3.8) is 0 Å². The minimum Gasteiger partial charge on any atom is -0.100 e. The summed E-state index contributed by atoms with van der Waals surface area (Å²) in [6.07, 6.45) is 5.72. The van der Waals surface area contributed by atoms with Crippen molar-refractivity contribution >= 4 is 0 Å². The van der Waals surface area contributed by atoms with Crippen LogP contribution in [0.5, 0.6) is 0 Å². The van der Waals surface area contributed by atoms with E-state index in [4.69, 9.17) is 0 Å². The van der Waals surface area contributed by atoms with E-state index in [1.54, 1.807) is 0 Å². The Balaban J connectivity index is -0.00000123. The van der Waals surface area contributed by atoms with Gasteiger partial charge in [0.15, 0.2) is 0 Å². The predicted molar refractivity (Wildman–Crippen MR) is 239 cm³/mol. The fraction of sp³-hybridized carbons (Fsp3) is 0.608. The van der Waals surface area contributed by atoms with E-state index >= 15 is 0 Å². The minimum atomic E-state index is -0.0925. The van der Waals surface area contributed by atoms with E-state index in [2.05, 4.69) is 169 Å². The molecule has 0 fully saturated rings. The lowest BCUT2D eigenvalue weighted by atomic mass is 9.70. The molecule has 0 saturated carbocycles. The van der Waals surface area contributed by atoms with Gasteiger partial charge in [0.05, 0.1) is 0 Å². The van der Waals surface area contributed by atoms with E-state index in [0.717, 1.165) is 25.2 Å². The second kappa shape index (κ2) is 26.2. The molecule has 0 radical (unpaired) electrons. The summed E-state index contributed by atoms with van der Waals surface area (Å²) >= 11 is 0. The second-order valence-electron chi connectivity index (χ2n) is 16.5. The molecule has 0 nitrogen and oxygen atoms in total. The van der Waals surface area contributed by atoms with Crippen LogP contribution in [0.2, 0.25) is 0 Å². The molecule has 0 bridgehead atoms. The Hall–Kier alpha value is -2.60. The van der Waals surface area contributed by atoms with Gasteiger partial charge in [-0.15, -0.1) is 6.58 Å². The zero-order valence-corrected chi connectivity index (χ0v) is 38.2. The highest BCUT2D eigenvalue weighted by molar-refractivity contribution is 5.45. The molecule has 292 valence electrons. The maximum Gasteiger partial charge on any atom is 0.0215 e. The Kier molecular flexibility index (Phi) is 27.1. The monoisotopic (exact) mass is 701 g/mol. The maximum absolute atomic E-state index is 3.84. The SMILES string of the molecule is C=C(C)CC(C)(C)C.CC.CC.CC.CC.CCC(C)C(C)(C)CCc1cc(C)cc([C@@](C)(Cc2ccccc2)c2ccc(C(C)(C)C)cc2)c1. The molecule has 0 heteroatoms. The van der Waals surface area contributed by atoms with Gasteiger partial charge in [-0.3, -0.25) is 0 Å². The third-order valence-electron chi connectivity index (χ3n) is 9.40. The van der Waals surface area contributed by atoms with Crippen LogP contribution in [0.3, 0.4) is 0 Å². The van der Waals surface area contributed by atoms with E-state index in [1.807, 2.05) is 55.4 Å². The first-order valence-corrected chi connectivity index (χ1v) is 20.7. The van der Waals surface area contributed by atoms with Crippen LogP contribution < -0.4 is 0 Å². The van der Waals surface area contributed by atoms with Crippen molar-refractivity contribution in [2.75, 3.05) is 0 Å². The summed E-state index contributed by atoms with van der Waals surface area (Å²) in [5.74, 6) is 0.733. The van der Waals surface area contributed by atoms with E-state index in [1.165, 1.54) is 51.8 Å². The fourth-order valence-electron chi connectivity index (χ4n) is 6.21. The van der Waals surface area contributed by atoms with Crippen LogP contribution in [0.4, 0.5) is 0 Å². The number of benzene rings is 3. The van der Waals surface area contributed by atoms with Crippen LogP contribution in [0.25, 0.3) is 0 Å². The normalized spacial score (nSPS) is 12.6. The Bertz CT molecular complexity index is 1270. The lowest BCUT2D eigenvalue weighted by Crippen LogP contribution is -2.27. The number of allylic oxidation sites excluding steroid dienone is 1. The van der Waals surface area contributed by atoms with Crippen molar-refractivity contribution in [3.8, 4) is 0 Å². The molecule has 0 saturated heterocycles. The zero-order valence-electron chi connectivity index (χ0n) is 38.2. The largest absolute Gasteiger partial charge is 0.100 e. The number of aryl methyl sites for hydroxylation is 2. The van der Waals surface area contributed by atoms with Gasteiger partial charge in [0.25, 0.3) is 0 Å². The molecule has 3 aromatic rings. The third-order valence-corrected chi connectivity index (χ3v) is 9.40. The summed E-state index contributed by atoms with van der Waals surface area (Å²) < 4.78 is 0. The summed E-state index contributed by atoms with van der Waals surface area (Å²) in [7, 11) is 0. The predicted octanol–water partition coefficient (Wildman–Crippen LogP) is 16.9. The molecule has 51 heavy (non-hydrogen) atoms. The maximum atomic E-state index is 3.84. The Morgan fingerprint density at radius 3 is 1.49 bits per heavy atom. The second-order valence-corrected chi connectivity index (χ2v) is 16.5. The summed E-state index contributed by atoms with van der Waals surface area (Å²) in [6.45, 7) is 49.8. The Morgan fingerprint density at radius 1 is 0.627 bits per heavy atom. The highest BCUT2D eigenvalue weighted by Gasteiger charge is 2.31. The smallest absolute Gasteiger partial charge is 0.0215 e. The fourth-order valence-corrected chi connectivity index (χ4v) is 6.21. The quantitative estimate of drug-likeness (QED) is 0.185. The van der Waals surface area contributed by atoms with Crippen LogP contribution in [0.1, 0.15) is 191 Å². The molecular weight excluding hydrogens is 613 g/mol. The first kappa shape index (κ1) is 52.8. The van der Waals surface area contributed by atoms with Gasteiger partial charge >= 0.3 is 0 Å². The van der Waals surface area contributed by atoms with Crippen LogP contribution in [-0.2, 0) is 23.7 Å². The van der Waals surface area contributed by atoms with Gasteiger partial charge in [-0.1, -0.05) is 222 Å². The van der Waals surface area contributed by atoms with Gasteiger partial charge < -0.3 is 0 Å². The van der Waals surface area contributed by atoms with Crippen molar-refractivity contribution in [1.82, 2.24) is 0 Å². The van der Waals surface area contributed by atoms with Gasteiger partial charge in [0, 0.05) is 5.41 Å². The van der Waals surface area contributed by atoms with Crippen molar-refractivity contribution < 1.29 is 0 Å². The molecule has 0 aliphatic carbocycles. The summed E-state index contributed by atoms with van der Waals surface area (Å²) in [5.41, 5.74) is 10.6. The Morgan fingerprint density at radius 2 is 1.10 bits per heavy atom. The van der Waals surface area contributed by atoms with Crippen molar-refractivity contribution in [2.24, 2.45) is 16.7 Å². The van der Waals surface area contributed by atoms with Gasteiger partial charge in [0.1, 0.15) is 0 Å². The van der Waals surface area contributed by atoms with Gasteiger partial charge in [-0.05, 0) is 89.5 Å². The molecule has 0 spiro atoms. The first-order valence-electron chi connectivity index (χ1n) is 20.7. The molecule has 0 aliphatic rings. The minimum absolute atomic E-state index is 0.0925. The van der Waals surface area contributed by atoms with Gasteiger partial charge in [-0.25, -0.2) is 0 Å². The Labute approximate surface area is 322 Å². The third kappa shape index (κ3) is 20.3. The van der Waals surface area contributed by atoms with E-state index in [-0.39, 0.29) is 10.8 Å². The average molecular weight is 701 g/mol. The zero-order chi connectivity index (χ0) is 40.6. The van der Waals surface area contributed by atoms with Crippen LogP contribution in [-0.4, -0.2) is 0 Å². The molecule has 0 heterocycles. The van der Waals surface area contributed by atoms with Crippen molar-refractivity contribution in [3.05, 3.63) is 118 Å². The van der Waals surface area contributed by atoms with Crippen molar-refractivity contribution in [1.29, 1.82) is 0 Å². The van der Waals surface area contributed by atoms with Gasteiger partial charge in [0.2, 0.25) is 0 Å². The van der Waals surface area contributed by atoms with Crippen molar-refractivity contribution in [2.45, 2.75) is 188 Å². The molecule has 0 amide bonds. The van der Waals surface area contributed by atoms with Crippen LogP contribution in [0, 0.1) is 23.7 Å². The molecule has 2 atom stereocenters. The molecule has 0 N–H and O–H groups in total. The number of hydrogen-bond acceptors (Lipinski definition) is 0. The lowest BCUT2D eigenvalue weighted by Gasteiger charge is -2.34. The molecule has 3 aromatic carbocycles. The highest BCUT2D eigenvalue weighted by atomic mass is 14.3. The average Bonchev–Trinajstić information content (AvgIpc) is 3.09. The summed E-state index contributed by atoms with van der Waals surface area (Å²) in [4.78, 5) is 0. The molecule has 0 aliphatic heterocycles. The lowest BCUT2D eigenvalue weighted by molar-refractivity contribution is 0.206. The molecular formula is C51H88. The summed E-state index contributed by atoms with van der Waals surface area (Å²) in [6, 6.07) is 27.7. The number of hydrogen-bond donors (Lipinski definition) is 0. The topological polar surface area (TPSA) is 0 Å². The van der Waals surface area contributed by atoms with Crippen LogP contribution >= 0.6 is 0 Å². The molecule has 1 unspecified atom stereocenters. The van der Waals surface area contributed by atoms with Crippen LogP contribution in [0.15, 0.2) is 84.9 Å². The van der Waals surface area contributed by atoms with E-state index in [9.17, 15) is 0 Å². The summed E-state index contributed by atoms with van der Waals surface area (Å²) in [5, 5.41) is 0. The van der Waals surface area contributed by atoms with Gasteiger partial charge in [-0.2, -0.15) is 0 Å². The molecule has 0 aromatic heterocycles. The highest BCUT2D eigenvalue weighted by Crippen LogP contribution is 2.39.